The number of methoxy groups -OCH3 is 1. The number of hydrogen-bond donors (Lipinski definition) is 0. The molecule has 0 fully saturated rings. The lowest BCUT2D eigenvalue weighted by atomic mass is 9.87. The third kappa shape index (κ3) is 4.56. The van der Waals surface area contributed by atoms with Crippen LogP contribution >= 0.6 is 0 Å². The van der Waals surface area contributed by atoms with Gasteiger partial charge in [-0.05, 0) is 58.9 Å². The predicted octanol–water partition coefficient (Wildman–Crippen LogP) is 7.76. The summed E-state index contributed by atoms with van der Waals surface area (Å²) in [5.41, 5.74) is 7.73. The molecule has 1 aliphatic carbocycles. The fourth-order valence-electron chi connectivity index (χ4n) is 4.80. The van der Waals surface area contributed by atoms with Gasteiger partial charge in [0.2, 0.25) is 0 Å². The topological polar surface area (TPSA) is 18.5 Å². The van der Waals surface area contributed by atoms with Gasteiger partial charge in [-0.25, -0.2) is 0 Å². The van der Waals surface area contributed by atoms with Crippen molar-refractivity contribution in [2.75, 3.05) is 7.11 Å². The molecule has 1 unspecified atom stereocenters. The van der Waals surface area contributed by atoms with Crippen LogP contribution in [-0.2, 0) is 6.61 Å². The van der Waals surface area contributed by atoms with Gasteiger partial charge in [0.1, 0.15) is 18.1 Å². The van der Waals surface area contributed by atoms with E-state index >= 15 is 0 Å². The molecule has 164 valence electrons. The molecule has 0 spiro atoms. The van der Waals surface area contributed by atoms with Crippen LogP contribution in [0.15, 0.2) is 109 Å². The van der Waals surface area contributed by atoms with Crippen molar-refractivity contribution in [1.29, 1.82) is 0 Å². The van der Waals surface area contributed by atoms with Gasteiger partial charge < -0.3 is 9.47 Å². The van der Waals surface area contributed by atoms with Crippen molar-refractivity contribution >= 4 is 11.1 Å². The Bertz CT molecular complexity index is 1220. The van der Waals surface area contributed by atoms with E-state index in [1.54, 1.807) is 7.11 Å². The van der Waals surface area contributed by atoms with Crippen LogP contribution in [0.25, 0.3) is 11.1 Å². The zero-order valence-corrected chi connectivity index (χ0v) is 18.9. The number of benzene rings is 4. The molecule has 0 heterocycles. The molecule has 1 atom stereocenters. The molecule has 0 saturated heterocycles. The SMILES string of the molecule is COc1ccc(C2=C(c3ccccc3OCc3ccccc3)CCC2c2ccccc2)cc1. The minimum atomic E-state index is 0.358. The molecule has 4 aromatic carbocycles. The average Bonchev–Trinajstić information content (AvgIpc) is 3.34. The summed E-state index contributed by atoms with van der Waals surface area (Å²) in [5.74, 6) is 2.18. The second-order valence-electron chi connectivity index (χ2n) is 8.39. The molecule has 0 amide bonds. The third-order valence-corrected chi connectivity index (χ3v) is 6.41. The van der Waals surface area contributed by atoms with Gasteiger partial charge in [0.15, 0.2) is 0 Å². The van der Waals surface area contributed by atoms with Gasteiger partial charge in [0.25, 0.3) is 0 Å². The van der Waals surface area contributed by atoms with E-state index < -0.39 is 0 Å². The van der Waals surface area contributed by atoms with Crippen LogP contribution in [0.5, 0.6) is 11.5 Å². The van der Waals surface area contributed by atoms with Crippen molar-refractivity contribution in [3.05, 3.63) is 131 Å². The van der Waals surface area contributed by atoms with Crippen LogP contribution in [0, 0.1) is 0 Å². The highest BCUT2D eigenvalue weighted by Crippen LogP contribution is 2.50. The molecular formula is C31H28O2. The van der Waals surface area contributed by atoms with Crippen LogP contribution in [0.1, 0.15) is 41.0 Å². The first kappa shape index (κ1) is 21.1. The molecule has 0 radical (unpaired) electrons. The Morgan fingerprint density at radius 3 is 2.12 bits per heavy atom. The van der Waals surface area contributed by atoms with E-state index in [2.05, 4.69) is 103 Å². The summed E-state index contributed by atoms with van der Waals surface area (Å²) in [7, 11) is 1.71. The molecule has 1 aliphatic rings. The first-order chi connectivity index (χ1) is 16.3. The molecule has 0 aromatic heterocycles. The molecule has 33 heavy (non-hydrogen) atoms. The van der Waals surface area contributed by atoms with Gasteiger partial charge >= 0.3 is 0 Å². The zero-order chi connectivity index (χ0) is 22.5. The number of para-hydroxylation sites is 1. The van der Waals surface area contributed by atoms with Crippen molar-refractivity contribution in [3.8, 4) is 11.5 Å². The van der Waals surface area contributed by atoms with Crippen LogP contribution < -0.4 is 9.47 Å². The molecule has 5 rings (SSSR count). The lowest BCUT2D eigenvalue weighted by molar-refractivity contribution is 0.305. The third-order valence-electron chi connectivity index (χ3n) is 6.41. The number of allylic oxidation sites excluding steroid dienone is 2. The van der Waals surface area contributed by atoms with Crippen molar-refractivity contribution in [3.63, 3.8) is 0 Å². The molecule has 0 aliphatic heterocycles. The van der Waals surface area contributed by atoms with Gasteiger partial charge in [0, 0.05) is 11.5 Å². The summed E-state index contributed by atoms with van der Waals surface area (Å²) in [5, 5.41) is 0. The second kappa shape index (κ2) is 9.79. The maximum Gasteiger partial charge on any atom is 0.127 e. The number of ether oxygens (including phenoxy) is 2. The molecule has 0 bridgehead atoms. The Labute approximate surface area is 196 Å². The Hall–Kier alpha value is -3.78. The first-order valence-electron chi connectivity index (χ1n) is 11.5. The normalized spacial score (nSPS) is 15.5. The quantitative estimate of drug-likeness (QED) is 0.297. The van der Waals surface area contributed by atoms with Gasteiger partial charge in [-0.15, -0.1) is 0 Å². The first-order valence-corrected chi connectivity index (χ1v) is 11.5. The number of rotatable bonds is 7. The van der Waals surface area contributed by atoms with Crippen LogP contribution in [-0.4, -0.2) is 7.11 Å². The lowest BCUT2D eigenvalue weighted by Crippen LogP contribution is -2.00. The minimum absolute atomic E-state index is 0.358. The summed E-state index contributed by atoms with van der Waals surface area (Å²) in [4.78, 5) is 0. The summed E-state index contributed by atoms with van der Waals surface area (Å²) >= 11 is 0. The standard InChI is InChI=1S/C31H28O2/c1-32-26-18-16-25(17-19-26)31-27(24-12-6-3-7-13-24)20-21-29(31)28-14-8-9-15-30(28)33-22-23-10-4-2-5-11-23/h2-19,27H,20-22H2,1H3. The van der Waals surface area contributed by atoms with Gasteiger partial charge in [-0.1, -0.05) is 91.0 Å². The molecule has 2 heteroatoms. The molecule has 0 N–H and O–H groups in total. The van der Waals surface area contributed by atoms with Crippen molar-refractivity contribution in [1.82, 2.24) is 0 Å². The van der Waals surface area contributed by atoms with E-state index in [-0.39, 0.29) is 0 Å². The van der Waals surface area contributed by atoms with Gasteiger partial charge in [-0.2, -0.15) is 0 Å². The van der Waals surface area contributed by atoms with E-state index in [1.165, 1.54) is 33.4 Å². The Morgan fingerprint density at radius 1 is 0.727 bits per heavy atom. The average molecular weight is 433 g/mol. The molecular weight excluding hydrogens is 404 g/mol. The summed E-state index contributed by atoms with van der Waals surface area (Å²) in [6.07, 6.45) is 2.11. The Kier molecular flexibility index (Phi) is 6.25. The smallest absolute Gasteiger partial charge is 0.127 e. The molecule has 2 nitrogen and oxygen atoms in total. The molecule has 0 saturated carbocycles. The summed E-state index contributed by atoms with van der Waals surface area (Å²) in [6.45, 7) is 0.561. The lowest BCUT2D eigenvalue weighted by Gasteiger charge is -2.19. The van der Waals surface area contributed by atoms with Crippen molar-refractivity contribution in [2.24, 2.45) is 0 Å². The minimum Gasteiger partial charge on any atom is -0.497 e. The zero-order valence-electron chi connectivity index (χ0n) is 18.9. The maximum absolute atomic E-state index is 6.34. The van der Waals surface area contributed by atoms with Crippen LogP contribution in [0.3, 0.4) is 0 Å². The van der Waals surface area contributed by atoms with Crippen LogP contribution in [0.4, 0.5) is 0 Å². The Morgan fingerprint density at radius 2 is 1.39 bits per heavy atom. The fraction of sp³-hybridized carbons (Fsp3) is 0.161. The molecule has 4 aromatic rings. The van der Waals surface area contributed by atoms with E-state index in [0.29, 0.717) is 12.5 Å². The van der Waals surface area contributed by atoms with Gasteiger partial charge in [0.05, 0.1) is 7.11 Å². The van der Waals surface area contributed by atoms with E-state index in [0.717, 1.165) is 24.3 Å². The van der Waals surface area contributed by atoms with Crippen molar-refractivity contribution in [2.45, 2.75) is 25.4 Å². The van der Waals surface area contributed by atoms with Crippen LogP contribution in [0.2, 0.25) is 0 Å². The highest BCUT2D eigenvalue weighted by molar-refractivity contribution is 5.97. The van der Waals surface area contributed by atoms with E-state index in [4.69, 9.17) is 9.47 Å². The summed E-state index contributed by atoms with van der Waals surface area (Å²) in [6, 6.07) is 38.1. The largest absolute Gasteiger partial charge is 0.497 e. The highest BCUT2D eigenvalue weighted by atomic mass is 16.5. The predicted molar refractivity (Wildman–Crippen MR) is 135 cm³/mol. The van der Waals surface area contributed by atoms with Crippen molar-refractivity contribution < 1.29 is 9.47 Å². The highest BCUT2D eigenvalue weighted by Gasteiger charge is 2.30. The summed E-state index contributed by atoms with van der Waals surface area (Å²) < 4.78 is 11.8. The second-order valence-corrected chi connectivity index (χ2v) is 8.39. The van der Waals surface area contributed by atoms with E-state index in [9.17, 15) is 0 Å². The van der Waals surface area contributed by atoms with Gasteiger partial charge in [-0.3, -0.25) is 0 Å². The van der Waals surface area contributed by atoms with E-state index in [1.807, 2.05) is 6.07 Å². The Balaban J connectivity index is 1.58. The maximum atomic E-state index is 6.34. The monoisotopic (exact) mass is 432 g/mol. The fourth-order valence-corrected chi connectivity index (χ4v) is 4.80. The number of hydrogen-bond acceptors (Lipinski definition) is 2.